The van der Waals surface area contributed by atoms with Gasteiger partial charge in [0.15, 0.2) is 0 Å². The van der Waals surface area contributed by atoms with Gasteiger partial charge in [0.25, 0.3) is 0 Å². The van der Waals surface area contributed by atoms with Crippen LogP contribution in [-0.4, -0.2) is 52.7 Å². The molecule has 1 aliphatic heterocycles. The molecule has 1 saturated heterocycles. The Kier molecular flexibility index (Phi) is 6.25. The molecule has 4 rings (SSSR count). The minimum Gasteiger partial charge on any atom is -0.367 e. The zero-order valence-corrected chi connectivity index (χ0v) is 18.8. The molecule has 0 atom stereocenters. The number of nitrogens with one attached hydrogen (secondary N) is 1. The van der Waals surface area contributed by atoms with Gasteiger partial charge in [0.05, 0.1) is 5.69 Å². The van der Waals surface area contributed by atoms with Gasteiger partial charge in [0.2, 0.25) is 11.8 Å². The minimum atomic E-state index is -0.0864. The van der Waals surface area contributed by atoms with E-state index in [-0.39, 0.29) is 18.4 Å². The van der Waals surface area contributed by atoms with Crippen LogP contribution in [0, 0.1) is 13.8 Å². The molecular formula is C25H29N5O2. The first-order chi connectivity index (χ1) is 15.4. The van der Waals surface area contributed by atoms with Gasteiger partial charge in [-0.05, 0) is 43.7 Å². The molecule has 1 N–H and O–H groups in total. The van der Waals surface area contributed by atoms with Crippen LogP contribution in [0.15, 0.2) is 54.6 Å². The maximum atomic E-state index is 12.8. The lowest BCUT2D eigenvalue weighted by Crippen LogP contribution is -2.49. The average molecular weight is 432 g/mol. The Labute approximate surface area is 188 Å². The fraction of sp³-hybridized carbons (Fsp3) is 0.320. The first-order valence-corrected chi connectivity index (χ1v) is 10.9. The molecule has 1 aliphatic rings. The molecule has 1 fully saturated rings. The van der Waals surface area contributed by atoms with E-state index in [2.05, 4.69) is 33.5 Å². The van der Waals surface area contributed by atoms with E-state index in [1.54, 1.807) is 4.68 Å². The summed E-state index contributed by atoms with van der Waals surface area (Å²) in [6.45, 7) is 8.61. The van der Waals surface area contributed by atoms with Crippen LogP contribution in [0.25, 0.3) is 11.1 Å². The van der Waals surface area contributed by atoms with Crippen molar-refractivity contribution in [2.75, 3.05) is 36.4 Å². The van der Waals surface area contributed by atoms with Gasteiger partial charge in [-0.25, -0.2) is 0 Å². The third-order valence-electron chi connectivity index (χ3n) is 5.76. The van der Waals surface area contributed by atoms with E-state index in [1.807, 2.05) is 55.1 Å². The molecule has 7 nitrogen and oxygen atoms in total. The van der Waals surface area contributed by atoms with Crippen molar-refractivity contribution in [3.8, 4) is 11.1 Å². The summed E-state index contributed by atoms with van der Waals surface area (Å²) >= 11 is 0. The van der Waals surface area contributed by atoms with Crippen LogP contribution >= 0.6 is 0 Å². The second-order valence-electron chi connectivity index (χ2n) is 8.23. The molecule has 32 heavy (non-hydrogen) atoms. The Hall–Kier alpha value is -3.61. The average Bonchev–Trinajstić information content (AvgIpc) is 3.10. The molecule has 2 amide bonds. The van der Waals surface area contributed by atoms with E-state index < -0.39 is 0 Å². The quantitative estimate of drug-likeness (QED) is 0.672. The normalized spacial score (nSPS) is 13.8. The summed E-state index contributed by atoms with van der Waals surface area (Å²) < 4.78 is 1.78. The highest BCUT2D eigenvalue weighted by molar-refractivity contribution is 5.90. The summed E-state index contributed by atoms with van der Waals surface area (Å²) in [5.74, 6) is 0.0174. The zero-order valence-electron chi connectivity index (χ0n) is 18.8. The lowest BCUT2D eigenvalue weighted by molar-refractivity contribution is -0.132. The third kappa shape index (κ3) is 4.82. The smallest absolute Gasteiger partial charge is 0.244 e. The van der Waals surface area contributed by atoms with E-state index in [9.17, 15) is 9.59 Å². The van der Waals surface area contributed by atoms with Crippen LogP contribution in [0.2, 0.25) is 0 Å². The highest BCUT2D eigenvalue weighted by atomic mass is 16.2. The van der Waals surface area contributed by atoms with Gasteiger partial charge in [-0.1, -0.05) is 30.3 Å². The molecule has 0 saturated carbocycles. The topological polar surface area (TPSA) is 70.5 Å². The van der Waals surface area contributed by atoms with E-state index >= 15 is 0 Å². The summed E-state index contributed by atoms with van der Waals surface area (Å²) in [6.07, 6.45) is 0. The van der Waals surface area contributed by atoms with E-state index in [0.717, 1.165) is 47.0 Å². The summed E-state index contributed by atoms with van der Waals surface area (Å²) in [7, 11) is 0. The largest absolute Gasteiger partial charge is 0.367 e. The van der Waals surface area contributed by atoms with Crippen molar-refractivity contribution < 1.29 is 9.59 Å². The number of para-hydroxylation sites is 1. The number of hydrogen-bond acceptors (Lipinski definition) is 4. The summed E-state index contributed by atoms with van der Waals surface area (Å²) in [4.78, 5) is 28.5. The molecule has 2 aromatic carbocycles. The van der Waals surface area contributed by atoms with Crippen molar-refractivity contribution in [1.29, 1.82) is 0 Å². The fourth-order valence-electron chi connectivity index (χ4n) is 4.22. The number of carbonyl (C=O) groups excluding carboxylic acids is 2. The SMILES string of the molecule is CC(=O)Nc1cccc(-c2ccccc2N2CCN(C(=O)Cn3nc(C)cc3C)CC2)c1. The van der Waals surface area contributed by atoms with Crippen molar-refractivity contribution >= 4 is 23.2 Å². The molecule has 166 valence electrons. The highest BCUT2D eigenvalue weighted by Crippen LogP contribution is 2.32. The summed E-state index contributed by atoms with van der Waals surface area (Å²) in [6, 6.07) is 18.2. The zero-order chi connectivity index (χ0) is 22.7. The van der Waals surface area contributed by atoms with Crippen LogP contribution in [0.5, 0.6) is 0 Å². The lowest BCUT2D eigenvalue weighted by Gasteiger charge is -2.37. The number of aryl methyl sites for hydroxylation is 2. The number of benzene rings is 2. The molecular weight excluding hydrogens is 402 g/mol. The maximum absolute atomic E-state index is 12.8. The van der Waals surface area contributed by atoms with Gasteiger partial charge in [-0.15, -0.1) is 0 Å². The molecule has 1 aromatic heterocycles. The molecule has 0 unspecified atom stereocenters. The van der Waals surface area contributed by atoms with Crippen LogP contribution in [0.3, 0.4) is 0 Å². The first-order valence-electron chi connectivity index (χ1n) is 10.9. The highest BCUT2D eigenvalue weighted by Gasteiger charge is 2.23. The van der Waals surface area contributed by atoms with Crippen LogP contribution in [0.4, 0.5) is 11.4 Å². The van der Waals surface area contributed by atoms with Crippen molar-refractivity contribution in [1.82, 2.24) is 14.7 Å². The molecule has 0 radical (unpaired) electrons. The molecule has 0 bridgehead atoms. The van der Waals surface area contributed by atoms with Crippen LogP contribution < -0.4 is 10.2 Å². The van der Waals surface area contributed by atoms with Crippen LogP contribution in [-0.2, 0) is 16.1 Å². The number of amides is 2. The molecule has 2 heterocycles. The Morgan fingerprint density at radius 3 is 2.41 bits per heavy atom. The number of aromatic nitrogens is 2. The van der Waals surface area contributed by atoms with Crippen molar-refractivity contribution in [3.05, 3.63) is 66.0 Å². The van der Waals surface area contributed by atoms with Crippen molar-refractivity contribution in [2.24, 2.45) is 0 Å². The predicted octanol–water partition coefficient (Wildman–Crippen LogP) is 3.47. The number of rotatable bonds is 5. The number of carbonyl (C=O) groups is 2. The number of piperazine rings is 1. The molecule has 0 spiro atoms. The first kappa shape index (κ1) is 21.6. The van der Waals surface area contributed by atoms with E-state index in [4.69, 9.17) is 0 Å². The second kappa shape index (κ2) is 9.26. The van der Waals surface area contributed by atoms with Crippen LogP contribution in [0.1, 0.15) is 18.3 Å². The predicted molar refractivity (Wildman–Crippen MR) is 127 cm³/mol. The van der Waals surface area contributed by atoms with Gasteiger partial charge >= 0.3 is 0 Å². The fourth-order valence-corrected chi connectivity index (χ4v) is 4.22. The summed E-state index contributed by atoms with van der Waals surface area (Å²) in [5, 5.41) is 7.26. The standard InChI is InChI=1S/C25H29N5O2/c1-18-15-19(2)30(27-18)17-25(32)29-13-11-28(12-14-29)24-10-5-4-9-23(24)21-7-6-8-22(16-21)26-20(3)31/h4-10,15-16H,11-14,17H2,1-3H3,(H,26,31). The van der Waals surface area contributed by atoms with E-state index in [0.29, 0.717) is 13.1 Å². The Balaban J connectivity index is 1.46. The number of nitrogens with zero attached hydrogens (tertiary/aromatic N) is 4. The Morgan fingerprint density at radius 1 is 0.969 bits per heavy atom. The second-order valence-corrected chi connectivity index (χ2v) is 8.23. The minimum absolute atomic E-state index is 0.0864. The Bertz CT molecular complexity index is 1130. The van der Waals surface area contributed by atoms with Crippen molar-refractivity contribution in [3.63, 3.8) is 0 Å². The molecule has 7 heteroatoms. The number of anilines is 2. The van der Waals surface area contributed by atoms with Gasteiger partial charge in [0, 0.05) is 55.7 Å². The molecule has 0 aliphatic carbocycles. The maximum Gasteiger partial charge on any atom is 0.244 e. The lowest BCUT2D eigenvalue weighted by atomic mass is 10.0. The number of hydrogen-bond donors (Lipinski definition) is 1. The van der Waals surface area contributed by atoms with Crippen molar-refractivity contribution in [2.45, 2.75) is 27.3 Å². The Morgan fingerprint density at radius 2 is 1.72 bits per heavy atom. The van der Waals surface area contributed by atoms with Gasteiger partial charge in [-0.3, -0.25) is 14.3 Å². The van der Waals surface area contributed by atoms with E-state index in [1.165, 1.54) is 6.92 Å². The third-order valence-corrected chi connectivity index (χ3v) is 5.76. The summed E-state index contributed by atoms with van der Waals surface area (Å²) in [5.41, 5.74) is 6.02. The molecule has 3 aromatic rings. The monoisotopic (exact) mass is 431 g/mol. The van der Waals surface area contributed by atoms with Gasteiger partial charge in [-0.2, -0.15) is 5.10 Å². The van der Waals surface area contributed by atoms with Gasteiger partial charge in [0.1, 0.15) is 6.54 Å². The van der Waals surface area contributed by atoms with Gasteiger partial charge < -0.3 is 15.1 Å².